The first-order chi connectivity index (χ1) is 11.7. The molecular weight excluding hydrogens is 304 g/mol. The third-order valence-corrected chi connectivity index (χ3v) is 3.57. The van der Waals surface area contributed by atoms with E-state index in [1.807, 2.05) is 12.1 Å². The number of allylic oxidation sites excluding steroid dienone is 1. The number of carbonyl (C=O) groups is 1. The van der Waals surface area contributed by atoms with E-state index in [0.717, 1.165) is 29.4 Å². The van der Waals surface area contributed by atoms with Gasteiger partial charge in [0.05, 0.1) is 12.2 Å². The molecule has 0 amide bonds. The fourth-order valence-electron chi connectivity index (χ4n) is 2.43. The molecule has 0 N–H and O–H groups in total. The molecule has 1 aromatic heterocycles. The summed E-state index contributed by atoms with van der Waals surface area (Å²) in [7, 11) is 0. The van der Waals surface area contributed by atoms with Gasteiger partial charge < -0.3 is 9.15 Å². The van der Waals surface area contributed by atoms with E-state index in [9.17, 15) is 9.59 Å². The molecule has 0 saturated carbocycles. The zero-order valence-corrected chi connectivity index (χ0v) is 13.3. The molecule has 4 heteroatoms. The van der Waals surface area contributed by atoms with Crippen molar-refractivity contribution < 1.29 is 13.9 Å². The first-order valence-corrected chi connectivity index (χ1v) is 7.79. The molecule has 1 aromatic carbocycles. The molecule has 120 valence electrons. The van der Waals surface area contributed by atoms with Crippen LogP contribution in [-0.4, -0.2) is 12.6 Å². The summed E-state index contributed by atoms with van der Waals surface area (Å²) in [5, 5.41) is 0.781. The number of hydrogen-bond acceptors (Lipinski definition) is 4. The summed E-state index contributed by atoms with van der Waals surface area (Å²) in [6, 6.07) is 5.43. The Kier molecular flexibility index (Phi) is 4.62. The van der Waals surface area contributed by atoms with Gasteiger partial charge in [0.1, 0.15) is 5.58 Å². The fraction of sp³-hybridized carbons (Fsp3) is 0.200. The largest absolute Gasteiger partial charge is 0.463 e. The minimum atomic E-state index is -0.502. The van der Waals surface area contributed by atoms with E-state index in [4.69, 9.17) is 9.15 Å². The quantitative estimate of drug-likeness (QED) is 0.376. The van der Waals surface area contributed by atoms with Crippen molar-refractivity contribution in [2.45, 2.75) is 19.8 Å². The van der Waals surface area contributed by atoms with E-state index in [0.29, 0.717) is 11.1 Å². The van der Waals surface area contributed by atoms with Gasteiger partial charge in [0, 0.05) is 23.4 Å². The lowest BCUT2D eigenvalue weighted by atomic mass is 10.0. The Balaban J connectivity index is 2.06. The van der Waals surface area contributed by atoms with Crippen molar-refractivity contribution >= 4 is 29.1 Å². The Morgan fingerprint density at radius 3 is 3.08 bits per heavy atom. The zero-order chi connectivity index (χ0) is 16.9. The summed E-state index contributed by atoms with van der Waals surface area (Å²) in [4.78, 5) is 23.5. The summed E-state index contributed by atoms with van der Waals surface area (Å²) in [6.07, 6.45) is 8.48. The van der Waals surface area contributed by atoms with Gasteiger partial charge in [-0.2, -0.15) is 0 Å². The maximum absolute atomic E-state index is 12.1. The second kappa shape index (κ2) is 7.01. The van der Waals surface area contributed by atoms with Crippen LogP contribution < -0.4 is 5.63 Å². The van der Waals surface area contributed by atoms with Crippen LogP contribution in [0.2, 0.25) is 0 Å². The number of carbonyl (C=O) groups excluding carboxylic acids is 1. The molecule has 1 heterocycles. The molecular formula is C20H16O4. The van der Waals surface area contributed by atoms with E-state index < -0.39 is 11.6 Å². The highest BCUT2D eigenvalue weighted by atomic mass is 16.5. The predicted molar refractivity (Wildman–Crippen MR) is 93.3 cm³/mol. The zero-order valence-electron chi connectivity index (χ0n) is 13.3. The molecule has 1 aliphatic rings. The van der Waals surface area contributed by atoms with E-state index >= 15 is 0 Å². The summed E-state index contributed by atoms with van der Waals surface area (Å²) in [6.45, 7) is 2.01. The molecule has 2 aromatic rings. The predicted octanol–water partition coefficient (Wildman–Crippen LogP) is 3.53. The van der Waals surface area contributed by atoms with Crippen molar-refractivity contribution in [3.8, 4) is 11.8 Å². The molecule has 24 heavy (non-hydrogen) atoms. The lowest BCUT2D eigenvalue weighted by Crippen LogP contribution is -2.04. The molecule has 0 aliphatic heterocycles. The summed E-state index contributed by atoms with van der Waals surface area (Å²) < 4.78 is 10.2. The second-order valence-electron chi connectivity index (χ2n) is 5.29. The smallest absolute Gasteiger partial charge is 0.343 e. The topological polar surface area (TPSA) is 56.5 Å². The number of rotatable bonds is 3. The van der Waals surface area contributed by atoms with Crippen LogP contribution in [0, 0.1) is 11.8 Å². The highest BCUT2D eigenvalue weighted by Crippen LogP contribution is 2.22. The first kappa shape index (κ1) is 15.8. The molecule has 0 spiro atoms. The molecule has 0 saturated heterocycles. The number of hydrogen-bond donors (Lipinski definition) is 0. The summed E-state index contributed by atoms with van der Waals surface area (Å²) in [5.41, 5.74) is 2.12. The van der Waals surface area contributed by atoms with Gasteiger partial charge in [-0.1, -0.05) is 24.0 Å². The highest BCUT2D eigenvalue weighted by molar-refractivity contribution is 5.89. The fourth-order valence-corrected chi connectivity index (χ4v) is 2.43. The maximum Gasteiger partial charge on any atom is 0.343 e. The van der Waals surface area contributed by atoms with Crippen molar-refractivity contribution in [1.29, 1.82) is 0 Å². The number of ether oxygens (including phenoxy) is 1. The van der Waals surface area contributed by atoms with Crippen LogP contribution in [0.1, 0.15) is 36.5 Å². The SMILES string of the molecule is CCOC(=O)/C=C/c1cc2cc3c(cc2oc1=O)C#CCCC=C3. The van der Waals surface area contributed by atoms with Crippen molar-refractivity contribution in [2.24, 2.45) is 0 Å². The van der Waals surface area contributed by atoms with E-state index in [1.54, 1.807) is 19.1 Å². The Morgan fingerprint density at radius 1 is 1.38 bits per heavy atom. The molecule has 0 unspecified atom stereocenters. The summed E-state index contributed by atoms with van der Waals surface area (Å²) in [5.74, 6) is 5.71. The van der Waals surface area contributed by atoms with Crippen LogP contribution in [0.15, 0.2) is 39.6 Å². The van der Waals surface area contributed by atoms with Crippen molar-refractivity contribution in [3.05, 3.63) is 57.5 Å². The van der Waals surface area contributed by atoms with Gasteiger partial charge in [-0.3, -0.25) is 0 Å². The number of esters is 1. The maximum atomic E-state index is 12.1. The normalized spacial score (nSPS) is 13.0. The van der Waals surface area contributed by atoms with Crippen molar-refractivity contribution in [3.63, 3.8) is 0 Å². The van der Waals surface area contributed by atoms with Gasteiger partial charge >= 0.3 is 11.6 Å². The second-order valence-corrected chi connectivity index (χ2v) is 5.29. The lowest BCUT2D eigenvalue weighted by molar-refractivity contribution is -0.137. The lowest BCUT2D eigenvalue weighted by Gasteiger charge is -2.05. The molecule has 0 bridgehead atoms. The molecule has 0 atom stereocenters. The van der Waals surface area contributed by atoms with Gasteiger partial charge in [0.25, 0.3) is 0 Å². The Hall–Kier alpha value is -3.06. The molecule has 3 rings (SSSR count). The van der Waals surface area contributed by atoms with Gasteiger partial charge in [0.15, 0.2) is 0 Å². The van der Waals surface area contributed by atoms with Gasteiger partial charge in [-0.05, 0) is 43.2 Å². The van der Waals surface area contributed by atoms with Gasteiger partial charge in [-0.15, -0.1) is 0 Å². The van der Waals surface area contributed by atoms with Crippen molar-refractivity contribution in [2.75, 3.05) is 6.61 Å². The monoisotopic (exact) mass is 320 g/mol. The van der Waals surface area contributed by atoms with Crippen LogP contribution >= 0.6 is 0 Å². The van der Waals surface area contributed by atoms with E-state index in [1.165, 1.54) is 12.2 Å². The minimum Gasteiger partial charge on any atom is -0.463 e. The van der Waals surface area contributed by atoms with Crippen LogP contribution in [0.4, 0.5) is 0 Å². The number of benzene rings is 1. The highest BCUT2D eigenvalue weighted by Gasteiger charge is 2.08. The Morgan fingerprint density at radius 2 is 2.25 bits per heavy atom. The van der Waals surface area contributed by atoms with Crippen LogP contribution in [0.25, 0.3) is 23.1 Å². The van der Waals surface area contributed by atoms with Crippen LogP contribution in [0.3, 0.4) is 0 Å². The Labute approximate surface area is 139 Å². The van der Waals surface area contributed by atoms with Gasteiger partial charge in [-0.25, -0.2) is 9.59 Å². The summed E-state index contributed by atoms with van der Waals surface area (Å²) >= 11 is 0. The average molecular weight is 320 g/mol. The van der Waals surface area contributed by atoms with E-state index in [-0.39, 0.29) is 6.61 Å². The Bertz CT molecular complexity index is 965. The first-order valence-electron chi connectivity index (χ1n) is 7.79. The third-order valence-electron chi connectivity index (χ3n) is 3.57. The molecule has 0 radical (unpaired) electrons. The van der Waals surface area contributed by atoms with Crippen LogP contribution in [-0.2, 0) is 9.53 Å². The minimum absolute atomic E-state index is 0.287. The van der Waals surface area contributed by atoms with Gasteiger partial charge in [0.2, 0.25) is 0 Å². The molecule has 0 fully saturated rings. The van der Waals surface area contributed by atoms with E-state index in [2.05, 4.69) is 17.9 Å². The molecule has 1 aliphatic carbocycles. The molecule has 4 nitrogen and oxygen atoms in total. The average Bonchev–Trinajstić information content (AvgIpc) is 2.53. The van der Waals surface area contributed by atoms with Crippen molar-refractivity contribution in [1.82, 2.24) is 0 Å². The number of fused-ring (bicyclic) bond motifs is 2. The van der Waals surface area contributed by atoms with Crippen LogP contribution in [0.5, 0.6) is 0 Å². The third kappa shape index (κ3) is 3.47. The standard InChI is InChI=1S/C20H16O4/c1-2-23-19(21)10-9-16-12-17-11-14-7-5-3-4-6-8-15(14)13-18(17)24-20(16)22/h5,7,9-13H,2-4H2,1H3/b7-5?,10-9+.